The Hall–Kier alpha value is -3.58. The normalized spacial score (nSPS) is 11.1. The summed E-state index contributed by atoms with van der Waals surface area (Å²) in [4.78, 5) is 0. The fourth-order valence-corrected chi connectivity index (χ4v) is 4.06. The Kier molecular flexibility index (Phi) is 7.76. The van der Waals surface area contributed by atoms with Gasteiger partial charge in [0, 0.05) is 11.3 Å². The summed E-state index contributed by atoms with van der Waals surface area (Å²) >= 11 is 1.60. The van der Waals surface area contributed by atoms with E-state index in [4.69, 9.17) is 14.6 Å². The van der Waals surface area contributed by atoms with Gasteiger partial charge in [0.2, 0.25) is 5.16 Å². The van der Waals surface area contributed by atoms with Crippen molar-refractivity contribution in [3.05, 3.63) is 90.0 Å². The van der Waals surface area contributed by atoms with Gasteiger partial charge < -0.3 is 9.47 Å². The van der Waals surface area contributed by atoms with E-state index >= 15 is 0 Å². The number of rotatable bonds is 10. The molecule has 0 aliphatic heterocycles. The van der Waals surface area contributed by atoms with Gasteiger partial charge in [-0.15, -0.1) is 10.2 Å². The minimum Gasteiger partial charge on any atom is -0.490 e. The summed E-state index contributed by atoms with van der Waals surface area (Å²) in [6.45, 7) is 5.05. The molecule has 7 heteroatoms. The van der Waals surface area contributed by atoms with E-state index in [1.807, 2.05) is 80.6 Å². The molecule has 0 bridgehead atoms. The Morgan fingerprint density at radius 1 is 0.848 bits per heavy atom. The third-order valence-corrected chi connectivity index (χ3v) is 5.74. The van der Waals surface area contributed by atoms with Crippen molar-refractivity contribution in [2.45, 2.75) is 24.8 Å². The first kappa shape index (κ1) is 22.6. The van der Waals surface area contributed by atoms with Gasteiger partial charge in [0.05, 0.1) is 19.4 Å². The molecule has 0 radical (unpaired) electrons. The molecule has 0 saturated heterocycles. The second-order valence-corrected chi connectivity index (χ2v) is 8.02. The predicted molar refractivity (Wildman–Crippen MR) is 133 cm³/mol. The summed E-state index contributed by atoms with van der Waals surface area (Å²) in [7, 11) is 0. The molecule has 4 aromatic rings. The highest BCUT2D eigenvalue weighted by atomic mass is 32.2. The minimum atomic E-state index is 0.560. The van der Waals surface area contributed by atoms with E-state index < -0.39 is 0 Å². The number of hydrogen-bond acceptors (Lipinski definition) is 6. The van der Waals surface area contributed by atoms with Crippen LogP contribution in [-0.2, 0) is 5.75 Å². The van der Waals surface area contributed by atoms with Crippen molar-refractivity contribution in [2.75, 3.05) is 13.2 Å². The van der Waals surface area contributed by atoms with Gasteiger partial charge in [-0.05, 0) is 43.2 Å². The Bertz CT molecular complexity index is 1190. The number of ether oxygens (including phenoxy) is 2. The fraction of sp³-hybridized carbons (Fsp3) is 0.192. The molecule has 0 amide bonds. The molecule has 1 aromatic heterocycles. The van der Waals surface area contributed by atoms with E-state index in [1.54, 1.807) is 22.7 Å². The topological polar surface area (TPSA) is 61.5 Å². The van der Waals surface area contributed by atoms with Gasteiger partial charge in [-0.1, -0.05) is 72.4 Å². The number of hydrogen-bond donors (Lipinski definition) is 0. The maximum absolute atomic E-state index is 5.75. The Balaban J connectivity index is 1.65. The van der Waals surface area contributed by atoms with Gasteiger partial charge in [0.25, 0.3) is 0 Å². The summed E-state index contributed by atoms with van der Waals surface area (Å²) in [5.74, 6) is 2.90. The Morgan fingerprint density at radius 3 is 2.27 bits per heavy atom. The van der Waals surface area contributed by atoms with Crippen LogP contribution >= 0.6 is 11.8 Å². The van der Waals surface area contributed by atoms with Crippen LogP contribution in [0.4, 0.5) is 0 Å². The van der Waals surface area contributed by atoms with Gasteiger partial charge in [0.1, 0.15) is 0 Å². The molecule has 0 atom stereocenters. The van der Waals surface area contributed by atoms with Gasteiger partial charge >= 0.3 is 0 Å². The van der Waals surface area contributed by atoms with Crippen molar-refractivity contribution in [1.82, 2.24) is 14.9 Å². The smallest absolute Gasteiger partial charge is 0.212 e. The molecule has 0 spiro atoms. The summed E-state index contributed by atoms with van der Waals surface area (Å²) in [5.41, 5.74) is 3.07. The van der Waals surface area contributed by atoms with E-state index in [9.17, 15) is 0 Å². The van der Waals surface area contributed by atoms with Crippen LogP contribution in [-0.4, -0.2) is 34.3 Å². The molecule has 3 aromatic carbocycles. The van der Waals surface area contributed by atoms with E-state index in [1.165, 1.54) is 5.56 Å². The quantitative estimate of drug-likeness (QED) is 0.218. The maximum Gasteiger partial charge on any atom is 0.212 e. The van der Waals surface area contributed by atoms with Crippen molar-refractivity contribution in [3.63, 3.8) is 0 Å². The number of nitrogens with zero attached hydrogens (tertiary/aromatic N) is 4. The first-order valence-electron chi connectivity index (χ1n) is 10.9. The van der Waals surface area contributed by atoms with E-state index in [-0.39, 0.29) is 0 Å². The second-order valence-electron chi connectivity index (χ2n) is 7.08. The highest BCUT2D eigenvalue weighted by Gasteiger charge is 2.14. The van der Waals surface area contributed by atoms with E-state index in [2.05, 4.69) is 22.3 Å². The van der Waals surface area contributed by atoms with Crippen LogP contribution in [0.1, 0.15) is 25.0 Å². The van der Waals surface area contributed by atoms with Crippen molar-refractivity contribution in [1.29, 1.82) is 0 Å². The zero-order valence-electron chi connectivity index (χ0n) is 18.7. The highest BCUT2D eigenvalue weighted by Crippen LogP contribution is 2.29. The van der Waals surface area contributed by atoms with Crippen LogP contribution in [0.5, 0.6) is 11.5 Å². The summed E-state index contributed by atoms with van der Waals surface area (Å²) in [6.07, 6.45) is 1.79. The fourth-order valence-electron chi connectivity index (χ4n) is 3.22. The Morgan fingerprint density at radius 2 is 1.55 bits per heavy atom. The molecule has 168 valence electrons. The molecule has 4 rings (SSSR count). The standard InChI is InChI=1S/C26H26N4O2S/c1-3-31-23-16-15-21(17-24(23)32-4-2)18-27-30-25(22-13-9-6-10-14-22)28-29-26(30)33-19-20-11-7-5-8-12-20/h5-18H,3-4,19H2,1-2H3/b27-18-. The molecule has 1 heterocycles. The van der Waals surface area contributed by atoms with Crippen molar-refractivity contribution in [2.24, 2.45) is 5.10 Å². The van der Waals surface area contributed by atoms with Crippen molar-refractivity contribution in [3.8, 4) is 22.9 Å². The number of benzene rings is 3. The van der Waals surface area contributed by atoms with Crippen molar-refractivity contribution < 1.29 is 9.47 Å². The zero-order chi connectivity index (χ0) is 22.9. The largest absolute Gasteiger partial charge is 0.490 e. The average Bonchev–Trinajstić information content (AvgIpc) is 3.27. The van der Waals surface area contributed by atoms with Gasteiger partial charge in [-0.25, -0.2) is 0 Å². The lowest BCUT2D eigenvalue weighted by Gasteiger charge is -2.11. The lowest BCUT2D eigenvalue weighted by molar-refractivity contribution is 0.288. The van der Waals surface area contributed by atoms with Gasteiger partial charge in [0.15, 0.2) is 17.3 Å². The molecule has 0 aliphatic rings. The van der Waals surface area contributed by atoms with E-state index in [0.29, 0.717) is 24.8 Å². The average molecular weight is 459 g/mol. The maximum atomic E-state index is 5.75. The van der Waals surface area contributed by atoms with Gasteiger partial charge in [-0.3, -0.25) is 0 Å². The molecule has 0 saturated carbocycles. The number of thioether (sulfide) groups is 1. The van der Waals surface area contributed by atoms with Crippen LogP contribution in [0.25, 0.3) is 11.4 Å². The van der Waals surface area contributed by atoms with Crippen LogP contribution < -0.4 is 9.47 Å². The number of aromatic nitrogens is 3. The summed E-state index contributed by atoms with van der Waals surface area (Å²) in [6, 6.07) is 26.0. The first-order chi connectivity index (χ1) is 16.3. The SMILES string of the molecule is CCOc1ccc(/C=N\n2c(SCc3ccccc3)nnc2-c2ccccc2)cc1OCC. The van der Waals surface area contributed by atoms with Gasteiger partial charge in [-0.2, -0.15) is 9.78 Å². The summed E-state index contributed by atoms with van der Waals surface area (Å²) in [5, 5.41) is 14.3. The second kappa shape index (κ2) is 11.3. The lowest BCUT2D eigenvalue weighted by atomic mass is 10.2. The molecule has 0 N–H and O–H groups in total. The minimum absolute atomic E-state index is 0.560. The zero-order valence-corrected chi connectivity index (χ0v) is 19.5. The van der Waals surface area contributed by atoms with Crippen LogP contribution in [0, 0.1) is 0 Å². The molecule has 0 aliphatic carbocycles. The molecule has 6 nitrogen and oxygen atoms in total. The molecular formula is C26H26N4O2S. The molecular weight excluding hydrogens is 432 g/mol. The third kappa shape index (κ3) is 5.81. The Labute approximate surface area is 198 Å². The molecule has 33 heavy (non-hydrogen) atoms. The first-order valence-corrected chi connectivity index (χ1v) is 11.9. The van der Waals surface area contributed by atoms with Crippen LogP contribution in [0.3, 0.4) is 0 Å². The third-order valence-electron chi connectivity index (χ3n) is 4.74. The monoisotopic (exact) mass is 458 g/mol. The van der Waals surface area contributed by atoms with E-state index in [0.717, 1.165) is 27.8 Å². The van der Waals surface area contributed by atoms with Crippen LogP contribution in [0.2, 0.25) is 0 Å². The molecule has 0 unspecified atom stereocenters. The van der Waals surface area contributed by atoms with Crippen molar-refractivity contribution >= 4 is 18.0 Å². The molecule has 0 fully saturated rings. The lowest BCUT2D eigenvalue weighted by Crippen LogP contribution is -2.00. The highest BCUT2D eigenvalue weighted by molar-refractivity contribution is 7.98. The van der Waals surface area contributed by atoms with Crippen LogP contribution in [0.15, 0.2) is 89.1 Å². The summed E-state index contributed by atoms with van der Waals surface area (Å²) < 4.78 is 13.2. The predicted octanol–water partition coefficient (Wildman–Crippen LogP) is 5.92.